The van der Waals surface area contributed by atoms with Gasteiger partial charge < -0.3 is 9.30 Å². The number of benzene rings is 1. The number of alkyl halides is 2. The Balaban J connectivity index is 1.84. The van der Waals surface area contributed by atoms with Gasteiger partial charge in [0.15, 0.2) is 0 Å². The van der Waals surface area contributed by atoms with Gasteiger partial charge in [0, 0.05) is 17.6 Å². The van der Waals surface area contributed by atoms with E-state index in [9.17, 15) is 22.5 Å². The van der Waals surface area contributed by atoms with Gasteiger partial charge in [-0.3, -0.25) is 4.98 Å². The highest BCUT2D eigenvalue weighted by molar-refractivity contribution is 7.89. The average molecular weight is 475 g/mol. The van der Waals surface area contributed by atoms with Crippen molar-refractivity contribution in [2.45, 2.75) is 42.7 Å². The molecular formula is C23H24F2N4O3S. The summed E-state index contributed by atoms with van der Waals surface area (Å²) in [5.41, 5.74) is 2.39. The standard InChI is InChI=1S/C23H24F2N4O3S/c1-32-17-6-9-22-19(10-17)20(13-26)23(29(22)16-4-2-3-5-16)21-8-7-18(14-27-21)33(30,31)28-15(11-24)12-25/h6-10,14-16,28H,2-5,11-12H2,1H3. The van der Waals surface area contributed by atoms with Crippen molar-refractivity contribution in [2.75, 3.05) is 20.5 Å². The number of aromatic nitrogens is 2. The highest BCUT2D eigenvalue weighted by Crippen LogP contribution is 2.41. The highest BCUT2D eigenvalue weighted by atomic mass is 32.2. The molecule has 2 aromatic heterocycles. The van der Waals surface area contributed by atoms with Crippen molar-refractivity contribution < 1.29 is 21.9 Å². The first kappa shape index (κ1) is 23.1. The molecule has 0 saturated heterocycles. The van der Waals surface area contributed by atoms with E-state index in [1.165, 1.54) is 12.1 Å². The fourth-order valence-corrected chi connectivity index (χ4v) is 5.54. The number of nitriles is 1. The van der Waals surface area contributed by atoms with Gasteiger partial charge in [0.05, 0.1) is 35.6 Å². The van der Waals surface area contributed by atoms with Crippen LogP contribution in [0, 0.1) is 11.3 Å². The fraction of sp³-hybridized carbons (Fsp3) is 0.391. The van der Waals surface area contributed by atoms with Crippen molar-refractivity contribution in [3.8, 4) is 23.2 Å². The number of fused-ring (bicyclic) bond motifs is 1. The second-order valence-electron chi connectivity index (χ2n) is 8.03. The molecule has 0 amide bonds. The topological polar surface area (TPSA) is 97.0 Å². The predicted octanol–water partition coefficient (Wildman–Crippen LogP) is 4.28. The number of hydrogen-bond acceptors (Lipinski definition) is 5. The number of pyridine rings is 1. The lowest BCUT2D eigenvalue weighted by molar-refractivity contribution is 0.334. The molecule has 2 heterocycles. The number of hydrogen-bond donors (Lipinski definition) is 1. The van der Waals surface area contributed by atoms with Gasteiger partial charge in [-0.15, -0.1) is 0 Å². The van der Waals surface area contributed by atoms with E-state index >= 15 is 0 Å². The lowest BCUT2D eigenvalue weighted by atomic mass is 10.1. The maximum atomic E-state index is 12.8. The molecule has 0 spiro atoms. The van der Waals surface area contributed by atoms with Crippen LogP contribution in [0.2, 0.25) is 0 Å². The summed E-state index contributed by atoms with van der Waals surface area (Å²) in [6, 6.07) is 9.48. The minimum Gasteiger partial charge on any atom is -0.497 e. The zero-order valence-electron chi connectivity index (χ0n) is 18.1. The molecule has 1 aliphatic rings. The zero-order chi connectivity index (χ0) is 23.6. The average Bonchev–Trinajstić information content (AvgIpc) is 3.47. The Labute approximate surface area is 191 Å². The van der Waals surface area contributed by atoms with Crippen LogP contribution in [0.15, 0.2) is 41.4 Å². The van der Waals surface area contributed by atoms with Crippen LogP contribution in [0.4, 0.5) is 8.78 Å². The summed E-state index contributed by atoms with van der Waals surface area (Å²) in [7, 11) is -2.58. The Bertz CT molecular complexity index is 1290. The SMILES string of the molecule is COc1ccc2c(c1)c(C#N)c(-c1ccc(S(=O)(=O)NC(CF)CF)cn1)n2C1CCCC1. The second kappa shape index (κ2) is 9.45. The first-order valence-corrected chi connectivity index (χ1v) is 12.1. The first-order chi connectivity index (χ1) is 15.9. The van der Waals surface area contributed by atoms with E-state index in [2.05, 4.69) is 15.6 Å². The second-order valence-corrected chi connectivity index (χ2v) is 9.75. The number of halogens is 2. The smallest absolute Gasteiger partial charge is 0.242 e. The molecule has 174 valence electrons. The van der Waals surface area contributed by atoms with Crippen LogP contribution >= 0.6 is 0 Å². The molecule has 0 atom stereocenters. The number of nitrogens with zero attached hydrogens (tertiary/aromatic N) is 3. The van der Waals surface area contributed by atoms with Crippen LogP contribution in [-0.4, -0.2) is 44.5 Å². The normalized spacial score (nSPS) is 14.8. The molecule has 33 heavy (non-hydrogen) atoms. The Kier molecular flexibility index (Phi) is 6.63. The van der Waals surface area contributed by atoms with Crippen LogP contribution in [0.25, 0.3) is 22.3 Å². The number of rotatable bonds is 8. The summed E-state index contributed by atoms with van der Waals surface area (Å²) in [4.78, 5) is 4.14. The molecule has 7 nitrogen and oxygen atoms in total. The van der Waals surface area contributed by atoms with Crippen molar-refractivity contribution >= 4 is 20.9 Å². The molecule has 1 saturated carbocycles. The van der Waals surface area contributed by atoms with Crippen molar-refractivity contribution in [3.63, 3.8) is 0 Å². The summed E-state index contributed by atoms with van der Waals surface area (Å²) in [6.45, 7) is -2.31. The molecule has 1 N–H and O–H groups in total. The number of sulfonamides is 1. The molecule has 1 aromatic carbocycles. The Hall–Kier alpha value is -3.03. The summed E-state index contributed by atoms with van der Waals surface area (Å²) in [5, 5.41) is 10.8. The Morgan fingerprint density at radius 1 is 1.24 bits per heavy atom. The van der Waals surface area contributed by atoms with Crippen LogP contribution in [0.3, 0.4) is 0 Å². The van der Waals surface area contributed by atoms with Gasteiger partial charge in [0.2, 0.25) is 10.0 Å². The molecule has 4 rings (SSSR count). The minimum absolute atomic E-state index is 0.194. The molecule has 0 unspecified atom stereocenters. The Morgan fingerprint density at radius 3 is 2.55 bits per heavy atom. The molecule has 0 aliphatic heterocycles. The van der Waals surface area contributed by atoms with Crippen LogP contribution in [0.5, 0.6) is 5.75 Å². The van der Waals surface area contributed by atoms with Crippen molar-refractivity contribution in [3.05, 3.63) is 42.1 Å². The molecule has 3 aromatic rings. The van der Waals surface area contributed by atoms with E-state index in [0.717, 1.165) is 42.8 Å². The van der Waals surface area contributed by atoms with Gasteiger partial charge in [-0.05, 0) is 43.2 Å². The van der Waals surface area contributed by atoms with Gasteiger partial charge in [-0.1, -0.05) is 12.8 Å². The summed E-state index contributed by atoms with van der Waals surface area (Å²) in [5.74, 6) is 0.630. The quantitative estimate of drug-likeness (QED) is 0.526. The maximum absolute atomic E-state index is 12.8. The predicted molar refractivity (Wildman–Crippen MR) is 120 cm³/mol. The molecule has 0 radical (unpaired) electrons. The summed E-state index contributed by atoms with van der Waals surface area (Å²) >= 11 is 0. The van der Waals surface area contributed by atoms with Gasteiger partial charge >= 0.3 is 0 Å². The van der Waals surface area contributed by atoms with Gasteiger partial charge in [0.1, 0.15) is 30.1 Å². The van der Waals surface area contributed by atoms with Crippen molar-refractivity contribution in [1.82, 2.24) is 14.3 Å². The third-order valence-electron chi connectivity index (χ3n) is 6.00. The monoisotopic (exact) mass is 474 g/mol. The van der Waals surface area contributed by atoms with Crippen LogP contribution in [-0.2, 0) is 10.0 Å². The van der Waals surface area contributed by atoms with Crippen LogP contribution < -0.4 is 9.46 Å². The fourth-order valence-electron chi connectivity index (χ4n) is 4.40. The van der Waals surface area contributed by atoms with Gasteiger partial charge in [0.25, 0.3) is 0 Å². The van der Waals surface area contributed by atoms with E-state index in [4.69, 9.17) is 4.74 Å². The number of nitrogens with one attached hydrogen (secondary N) is 1. The zero-order valence-corrected chi connectivity index (χ0v) is 18.9. The molecule has 0 bridgehead atoms. The minimum atomic E-state index is -4.14. The van der Waals surface area contributed by atoms with Gasteiger partial charge in [-0.25, -0.2) is 21.9 Å². The third kappa shape index (κ3) is 4.30. The molecule has 1 aliphatic carbocycles. The third-order valence-corrected chi connectivity index (χ3v) is 7.50. The van der Waals surface area contributed by atoms with Crippen molar-refractivity contribution in [1.29, 1.82) is 5.26 Å². The van der Waals surface area contributed by atoms with E-state index in [0.29, 0.717) is 22.7 Å². The lowest BCUT2D eigenvalue weighted by Crippen LogP contribution is -2.37. The maximum Gasteiger partial charge on any atom is 0.242 e. The molecule has 10 heteroatoms. The highest BCUT2D eigenvalue weighted by Gasteiger charge is 2.28. The van der Waals surface area contributed by atoms with Crippen molar-refractivity contribution in [2.24, 2.45) is 0 Å². The molecule has 1 fully saturated rings. The number of methoxy groups -OCH3 is 1. The van der Waals surface area contributed by atoms with Crippen LogP contribution in [0.1, 0.15) is 37.3 Å². The van der Waals surface area contributed by atoms with E-state index in [-0.39, 0.29) is 10.9 Å². The largest absolute Gasteiger partial charge is 0.497 e. The summed E-state index contributed by atoms with van der Waals surface area (Å²) in [6.07, 6.45) is 5.25. The summed E-state index contributed by atoms with van der Waals surface area (Å²) < 4.78 is 60.0. The van der Waals surface area contributed by atoms with Gasteiger partial charge in [-0.2, -0.15) is 5.26 Å². The first-order valence-electron chi connectivity index (χ1n) is 10.7. The van der Waals surface area contributed by atoms with E-state index in [1.807, 2.05) is 22.9 Å². The Morgan fingerprint density at radius 2 is 1.97 bits per heavy atom. The lowest BCUT2D eigenvalue weighted by Gasteiger charge is -2.18. The van der Waals surface area contributed by atoms with E-state index in [1.54, 1.807) is 7.11 Å². The molecular weight excluding hydrogens is 450 g/mol. The number of ether oxygens (including phenoxy) is 1. The van der Waals surface area contributed by atoms with E-state index < -0.39 is 29.4 Å².